The lowest BCUT2D eigenvalue weighted by atomic mass is 10.1. The van der Waals surface area contributed by atoms with Crippen molar-refractivity contribution in [2.45, 2.75) is 33.0 Å². The number of carbonyl (C=O) groups is 1. The van der Waals surface area contributed by atoms with Gasteiger partial charge in [0.15, 0.2) is 0 Å². The van der Waals surface area contributed by atoms with Gasteiger partial charge in [-0.2, -0.15) is 0 Å². The fraction of sp³-hybridized carbons (Fsp3) is 0.381. The van der Waals surface area contributed by atoms with Crippen molar-refractivity contribution in [2.75, 3.05) is 20.8 Å². The zero-order valence-corrected chi connectivity index (χ0v) is 16.0. The number of hydrogen-bond donors (Lipinski definition) is 1. The number of hydrogen-bond acceptors (Lipinski definition) is 4. The van der Waals surface area contributed by atoms with E-state index in [-0.39, 0.29) is 11.9 Å². The number of ether oxygens (including phenoxy) is 2. The van der Waals surface area contributed by atoms with E-state index in [0.717, 1.165) is 22.6 Å². The van der Waals surface area contributed by atoms with Gasteiger partial charge >= 0.3 is 0 Å². The molecule has 0 aliphatic heterocycles. The molecular formula is C21H28N2O3. The lowest BCUT2D eigenvalue weighted by molar-refractivity contribution is -0.125. The molecule has 0 aliphatic rings. The van der Waals surface area contributed by atoms with Crippen molar-refractivity contribution >= 4 is 5.91 Å². The second-order valence-corrected chi connectivity index (χ2v) is 6.23. The quantitative estimate of drug-likeness (QED) is 0.749. The van der Waals surface area contributed by atoms with Gasteiger partial charge in [-0.15, -0.1) is 0 Å². The predicted octanol–water partition coefficient (Wildman–Crippen LogP) is 3.23. The lowest BCUT2D eigenvalue weighted by Crippen LogP contribution is -2.42. The molecule has 26 heavy (non-hydrogen) atoms. The zero-order chi connectivity index (χ0) is 18.9. The molecule has 140 valence electrons. The summed E-state index contributed by atoms with van der Waals surface area (Å²) in [4.78, 5) is 14.4. The molecular weight excluding hydrogens is 328 g/mol. The first-order valence-corrected chi connectivity index (χ1v) is 8.86. The van der Waals surface area contributed by atoms with E-state index in [2.05, 4.69) is 5.32 Å². The van der Waals surface area contributed by atoms with E-state index in [9.17, 15) is 4.79 Å². The van der Waals surface area contributed by atoms with Gasteiger partial charge in [-0.1, -0.05) is 24.3 Å². The van der Waals surface area contributed by atoms with Crippen LogP contribution in [0.25, 0.3) is 0 Å². The SMILES string of the molecule is CCOc1ccc(CN(C)[C@H](C)C(=O)NCc2ccc(OC)cc2)cc1. The Morgan fingerprint density at radius 2 is 1.62 bits per heavy atom. The Labute approximate surface area is 155 Å². The van der Waals surface area contributed by atoms with Gasteiger partial charge in [0, 0.05) is 13.1 Å². The first kappa shape index (κ1) is 19.8. The standard InChI is InChI=1S/C21H28N2O3/c1-5-26-20-12-8-18(9-13-20)15-23(3)16(2)21(24)22-14-17-6-10-19(25-4)11-7-17/h6-13,16H,5,14-15H2,1-4H3,(H,22,24)/t16-/m1/s1. The maximum Gasteiger partial charge on any atom is 0.237 e. The highest BCUT2D eigenvalue weighted by Gasteiger charge is 2.17. The number of rotatable bonds is 9. The average Bonchev–Trinajstić information content (AvgIpc) is 2.67. The van der Waals surface area contributed by atoms with Crippen LogP contribution >= 0.6 is 0 Å². The molecule has 0 bridgehead atoms. The molecule has 0 spiro atoms. The van der Waals surface area contributed by atoms with Gasteiger partial charge in [0.2, 0.25) is 5.91 Å². The summed E-state index contributed by atoms with van der Waals surface area (Å²) in [6.07, 6.45) is 0. The van der Waals surface area contributed by atoms with Crippen LogP contribution in [0.3, 0.4) is 0 Å². The maximum absolute atomic E-state index is 12.4. The molecule has 5 heteroatoms. The zero-order valence-electron chi connectivity index (χ0n) is 16.0. The minimum absolute atomic E-state index is 0.00857. The van der Waals surface area contributed by atoms with Gasteiger partial charge in [-0.05, 0) is 56.3 Å². The van der Waals surface area contributed by atoms with Gasteiger partial charge in [-0.25, -0.2) is 0 Å². The summed E-state index contributed by atoms with van der Waals surface area (Å²) >= 11 is 0. The molecule has 2 aromatic carbocycles. The van der Waals surface area contributed by atoms with Crippen molar-refractivity contribution < 1.29 is 14.3 Å². The van der Waals surface area contributed by atoms with Crippen LogP contribution in [0.15, 0.2) is 48.5 Å². The number of benzene rings is 2. The van der Waals surface area contributed by atoms with Crippen molar-refractivity contribution in [2.24, 2.45) is 0 Å². The van der Waals surface area contributed by atoms with Crippen LogP contribution < -0.4 is 14.8 Å². The molecule has 0 saturated heterocycles. The number of amides is 1. The largest absolute Gasteiger partial charge is 0.497 e. The van der Waals surface area contributed by atoms with E-state index in [1.54, 1.807) is 7.11 Å². The Bertz CT molecular complexity index is 683. The molecule has 0 unspecified atom stereocenters. The maximum atomic E-state index is 12.4. The Kier molecular flexibility index (Phi) is 7.48. The molecule has 0 radical (unpaired) electrons. The first-order chi connectivity index (χ1) is 12.5. The van der Waals surface area contributed by atoms with Crippen molar-refractivity contribution in [3.8, 4) is 11.5 Å². The number of carbonyl (C=O) groups excluding carboxylic acids is 1. The Morgan fingerprint density at radius 1 is 1.04 bits per heavy atom. The number of likely N-dealkylation sites (N-methyl/N-ethyl adjacent to an activating group) is 1. The van der Waals surface area contributed by atoms with E-state index in [4.69, 9.17) is 9.47 Å². The average molecular weight is 356 g/mol. The number of nitrogens with one attached hydrogen (secondary N) is 1. The molecule has 0 aromatic heterocycles. The normalized spacial score (nSPS) is 11.9. The molecule has 0 aliphatic carbocycles. The molecule has 0 saturated carbocycles. The smallest absolute Gasteiger partial charge is 0.237 e. The van der Waals surface area contributed by atoms with Gasteiger partial charge < -0.3 is 14.8 Å². The minimum Gasteiger partial charge on any atom is -0.497 e. The van der Waals surface area contributed by atoms with E-state index < -0.39 is 0 Å². The highest BCUT2D eigenvalue weighted by Crippen LogP contribution is 2.14. The summed E-state index contributed by atoms with van der Waals surface area (Å²) in [7, 11) is 3.59. The summed E-state index contributed by atoms with van der Waals surface area (Å²) in [5.41, 5.74) is 2.19. The Hall–Kier alpha value is -2.53. The fourth-order valence-electron chi connectivity index (χ4n) is 2.56. The first-order valence-electron chi connectivity index (χ1n) is 8.86. The summed E-state index contributed by atoms with van der Waals surface area (Å²) in [5, 5.41) is 2.99. The molecule has 1 N–H and O–H groups in total. The van der Waals surface area contributed by atoms with Crippen molar-refractivity contribution in [1.29, 1.82) is 0 Å². The topological polar surface area (TPSA) is 50.8 Å². The van der Waals surface area contributed by atoms with Crippen molar-refractivity contribution in [3.05, 3.63) is 59.7 Å². The summed E-state index contributed by atoms with van der Waals surface area (Å²) < 4.78 is 10.6. The van der Waals surface area contributed by atoms with Crippen molar-refractivity contribution in [1.82, 2.24) is 10.2 Å². The third-order valence-corrected chi connectivity index (χ3v) is 4.33. The Balaban J connectivity index is 1.83. The van der Waals surface area contributed by atoms with Crippen LogP contribution in [-0.4, -0.2) is 37.6 Å². The van der Waals surface area contributed by atoms with Crippen LogP contribution in [0.2, 0.25) is 0 Å². The van der Waals surface area contributed by atoms with Crippen LogP contribution in [0.1, 0.15) is 25.0 Å². The molecule has 2 aromatic rings. The second kappa shape index (κ2) is 9.82. The van der Waals surface area contributed by atoms with Gasteiger partial charge in [0.25, 0.3) is 0 Å². The fourth-order valence-corrected chi connectivity index (χ4v) is 2.56. The summed E-state index contributed by atoms with van der Waals surface area (Å²) in [6.45, 7) is 5.74. The van der Waals surface area contributed by atoms with Gasteiger partial charge in [-0.3, -0.25) is 9.69 Å². The predicted molar refractivity (Wildman–Crippen MR) is 103 cm³/mol. The highest BCUT2D eigenvalue weighted by atomic mass is 16.5. The monoisotopic (exact) mass is 356 g/mol. The molecule has 1 amide bonds. The third-order valence-electron chi connectivity index (χ3n) is 4.33. The minimum atomic E-state index is -0.222. The van der Waals surface area contributed by atoms with Crippen LogP contribution in [0.4, 0.5) is 0 Å². The molecule has 0 fully saturated rings. The summed E-state index contributed by atoms with van der Waals surface area (Å²) in [5.74, 6) is 1.68. The number of nitrogens with zero attached hydrogens (tertiary/aromatic N) is 1. The van der Waals surface area contributed by atoms with Gasteiger partial charge in [0.1, 0.15) is 11.5 Å². The molecule has 2 rings (SSSR count). The molecule has 5 nitrogen and oxygen atoms in total. The van der Waals surface area contributed by atoms with E-state index in [0.29, 0.717) is 19.7 Å². The summed E-state index contributed by atoms with van der Waals surface area (Å²) in [6, 6.07) is 15.4. The van der Waals surface area contributed by atoms with Gasteiger partial charge in [0.05, 0.1) is 19.8 Å². The van der Waals surface area contributed by atoms with E-state index >= 15 is 0 Å². The number of methoxy groups -OCH3 is 1. The Morgan fingerprint density at radius 3 is 2.19 bits per heavy atom. The van der Waals surface area contributed by atoms with E-state index in [1.807, 2.05) is 74.3 Å². The third kappa shape index (κ3) is 5.77. The molecule has 0 heterocycles. The van der Waals surface area contributed by atoms with E-state index in [1.165, 1.54) is 0 Å². The second-order valence-electron chi connectivity index (χ2n) is 6.23. The molecule has 1 atom stereocenters. The van der Waals surface area contributed by atoms with Crippen LogP contribution in [-0.2, 0) is 17.9 Å². The highest BCUT2D eigenvalue weighted by molar-refractivity contribution is 5.81. The van der Waals surface area contributed by atoms with Crippen LogP contribution in [0.5, 0.6) is 11.5 Å². The van der Waals surface area contributed by atoms with Crippen LogP contribution in [0, 0.1) is 0 Å². The lowest BCUT2D eigenvalue weighted by Gasteiger charge is -2.24. The van der Waals surface area contributed by atoms with Crippen molar-refractivity contribution in [3.63, 3.8) is 0 Å².